The van der Waals surface area contributed by atoms with Gasteiger partial charge in [0.05, 0.1) is 12.3 Å². The summed E-state index contributed by atoms with van der Waals surface area (Å²) in [5.41, 5.74) is 2.84. The van der Waals surface area contributed by atoms with Crippen LogP contribution in [0.15, 0.2) is 18.2 Å². The zero-order valence-corrected chi connectivity index (χ0v) is 16.2. The second-order valence-electron chi connectivity index (χ2n) is 9.25. The lowest BCUT2D eigenvalue weighted by Gasteiger charge is -2.53. The normalized spacial score (nSPS) is 34.9. The fourth-order valence-corrected chi connectivity index (χ4v) is 5.86. The number of hydrogen-bond donors (Lipinski definition) is 1. The Kier molecular flexibility index (Phi) is 3.94. The number of aryl methyl sites for hydroxylation is 1. The molecule has 1 N–H and O–H groups in total. The summed E-state index contributed by atoms with van der Waals surface area (Å²) in [4.78, 5) is 25.9. The molecule has 1 aromatic rings. The second-order valence-corrected chi connectivity index (χ2v) is 9.25. The summed E-state index contributed by atoms with van der Waals surface area (Å²) in [5, 5.41) is 3.16. The molecule has 26 heavy (non-hydrogen) atoms. The zero-order chi connectivity index (χ0) is 18.7. The van der Waals surface area contributed by atoms with Crippen LogP contribution in [0.2, 0.25) is 0 Å². The quantitative estimate of drug-likeness (QED) is 0.839. The third-order valence-electron chi connectivity index (χ3n) is 6.74. The molecule has 140 valence electrons. The molecule has 0 unspecified atom stereocenters. The van der Waals surface area contributed by atoms with Gasteiger partial charge in [-0.25, -0.2) is 0 Å². The molecule has 0 aromatic heterocycles. The van der Waals surface area contributed by atoms with Gasteiger partial charge in [-0.3, -0.25) is 9.59 Å². The van der Waals surface area contributed by atoms with Gasteiger partial charge in [0.25, 0.3) is 0 Å². The van der Waals surface area contributed by atoms with Gasteiger partial charge in [-0.2, -0.15) is 0 Å². The molecule has 1 amide bonds. The van der Waals surface area contributed by atoms with Gasteiger partial charge in [-0.05, 0) is 61.6 Å². The summed E-state index contributed by atoms with van der Waals surface area (Å²) in [6, 6.07) is 6.36. The number of fused-ring (bicyclic) bond motifs is 3. The van der Waals surface area contributed by atoms with Gasteiger partial charge in [-0.15, -0.1) is 0 Å². The lowest BCUT2D eigenvalue weighted by molar-refractivity contribution is -0.189. The molecule has 1 aromatic carbocycles. The molecule has 1 saturated carbocycles. The number of ether oxygens (including phenoxy) is 1. The average Bonchev–Trinajstić information content (AvgIpc) is 2.80. The van der Waals surface area contributed by atoms with E-state index in [1.807, 2.05) is 6.92 Å². The number of benzene rings is 1. The first-order chi connectivity index (χ1) is 12.3. The van der Waals surface area contributed by atoms with Gasteiger partial charge < -0.3 is 10.1 Å². The maximum absolute atomic E-state index is 13.4. The van der Waals surface area contributed by atoms with E-state index in [9.17, 15) is 9.59 Å². The van der Waals surface area contributed by atoms with E-state index < -0.39 is 5.60 Å². The van der Waals surface area contributed by atoms with Gasteiger partial charge >= 0.3 is 5.97 Å². The summed E-state index contributed by atoms with van der Waals surface area (Å²) in [6.07, 6.45) is 2.98. The van der Waals surface area contributed by atoms with Crippen molar-refractivity contribution in [2.45, 2.75) is 70.8 Å². The van der Waals surface area contributed by atoms with Gasteiger partial charge in [0.15, 0.2) is 0 Å². The van der Waals surface area contributed by atoms with Crippen molar-refractivity contribution in [3.05, 3.63) is 34.9 Å². The lowest BCUT2D eigenvalue weighted by atomic mass is 9.56. The number of hydrogen-bond acceptors (Lipinski definition) is 3. The van der Waals surface area contributed by atoms with Crippen LogP contribution in [0.3, 0.4) is 0 Å². The number of carbonyl (C=O) groups excluding carboxylic acids is 2. The zero-order valence-electron chi connectivity index (χ0n) is 16.2. The third kappa shape index (κ3) is 2.49. The molecule has 4 nitrogen and oxygen atoms in total. The maximum atomic E-state index is 13.4. The van der Waals surface area contributed by atoms with Crippen LogP contribution >= 0.6 is 0 Å². The van der Waals surface area contributed by atoms with Crippen LogP contribution in [0.4, 0.5) is 0 Å². The minimum atomic E-state index is -0.432. The number of amides is 1. The Morgan fingerprint density at radius 2 is 2.15 bits per heavy atom. The van der Waals surface area contributed by atoms with Crippen LogP contribution in [0, 0.1) is 18.3 Å². The van der Waals surface area contributed by atoms with Crippen molar-refractivity contribution in [3.8, 4) is 0 Å². The highest BCUT2D eigenvalue weighted by Crippen LogP contribution is 2.67. The van der Waals surface area contributed by atoms with Crippen LogP contribution in [0.1, 0.15) is 75.0 Å². The smallest absolute Gasteiger partial charge is 0.306 e. The highest BCUT2D eigenvalue weighted by molar-refractivity contribution is 5.89. The number of nitrogens with one attached hydrogen (secondary N) is 1. The van der Waals surface area contributed by atoms with Crippen LogP contribution in [0.5, 0.6) is 0 Å². The monoisotopic (exact) mass is 355 g/mol. The van der Waals surface area contributed by atoms with Crippen molar-refractivity contribution < 1.29 is 14.3 Å². The standard InChI is InChI=1S/C22H29NO3/c1-13(2)11-23-20(25)19-18-14(3)6-5-7-15(18)16-8-9-21(4)12-22(16,19)10-17(24)26-21/h5-7,13,16,19H,8-12H2,1-4H3,(H,23,25)/t16-,19+,21+,22+/m0/s1. The number of carbonyl (C=O) groups is 2. The van der Waals surface area contributed by atoms with E-state index in [1.165, 1.54) is 5.56 Å². The van der Waals surface area contributed by atoms with Gasteiger partial charge in [-0.1, -0.05) is 32.0 Å². The first kappa shape index (κ1) is 17.6. The fourth-order valence-electron chi connectivity index (χ4n) is 5.86. The topological polar surface area (TPSA) is 55.4 Å². The van der Waals surface area contributed by atoms with E-state index in [4.69, 9.17) is 4.74 Å². The second kappa shape index (κ2) is 5.83. The molecular weight excluding hydrogens is 326 g/mol. The molecule has 1 heterocycles. The van der Waals surface area contributed by atoms with Gasteiger partial charge in [0.2, 0.25) is 5.91 Å². The Labute approximate surface area is 155 Å². The lowest BCUT2D eigenvalue weighted by Crippen LogP contribution is -2.54. The first-order valence-corrected chi connectivity index (χ1v) is 9.85. The summed E-state index contributed by atoms with van der Waals surface area (Å²) in [7, 11) is 0. The number of esters is 1. The highest BCUT2D eigenvalue weighted by atomic mass is 16.6. The first-order valence-electron chi connectivity index (χ1n) is 9.85. The van der Waals surface area contributed by atoms with Gasteiger partial charge in [0.1, 0.15) is 5.60 Å². The fraction of sp³-hybridized carbons (Fsp3) is 0.636. The molecule has 4 atom stereocenters. The third-order valence-corrected chi connectivity index (χ3v) is 6.74. The predicted molar refractivity (Wildman–Crippen MR) is 99.9 cm³/mol. The molecule has 1 aliphatic heterocycles. The Morgan fingerprint density at radius 3 is 2.88 bits per heavy atom. The minimum absolute atomic E-state index is 0.0794. The summed E-state index contributed by atoms with van der Waals surface area (Å²) >= 11 is 0. The Hall–Kier alpha value is -1.84. The van der Waals surface area contributed by atoms with Crippen molar-refractivity contribution in [1.82, 2.24) is 5.32 Å². The summed E-state index contributed by atoms with van der Waals surface area (Å²) in [5.74, 6) is 0.354. The molecule has 2 aliphatic carbocycles. The molecule has 2 fully saturated rings. The van der Waals surface area contributed by atoms with E-state index in [1.54, 1.807) is 0 Å². The maximum Gasteiger partial charge on any atom is 0.306 e. The van der Waals surface area contributed by atoms with Crippen molar-refractivity contribution in [2.24, 2.45) is 11.3 Å². The molecule has 1 spiro atoms. The predicted octanol–water partition coefficient (Wildman–Crippen LogP) is 3.82. The van der Waals surface area contributed by atoms with E-state index in [-0.39, 0.29) is 29.1 Å². The SMILES string of the molecule is Cc1cccc2c1[C@H](C(=O)NCC(C)C)[C@@]13CC(=O)O[C@](C)(CC[C@@H]21)C3. The summed E-state index contributed by atoms with van der Waals surface area (Å²) < 4.78 is 5.73. The highest BCUT2D eigenvalue weighted by Gasteiger charge is 2.64. The Bertz CT molecular complexity index is 771. The summed E-state index contributed by atoms with van der Waals surface area (Å²) in [6.45, 7) is 9.01. The van der Waals surface area contributed by atoms with Crippen molar-refractivity contribution in [2.75, 3.05) is 6.54 Å². The molecule has 2 bridgehead atoms. The molecule has 0 radical (unpaired) electrons. The Balaban J connectivity index is 1.83. The molecule has 3 aliphatic rings. The largest absolute Gasteiger partial charge is 0.459 e. The van der Waals surface area contributed by atoms with Crippen molar-refractivity contribution in [3.63, 3.8) is 0 Å². The minimum Gasteiger partial charge on any atom is -0.459 e. The van der Waals surface area contributed by atoms with Crippen LogP contribution in [-0.2, 0) is 14.3 Å². The number of rotatable bonds is 3. The molecular formula is C22H29NO3. The van der Waals surface area contributed by atoms with Crippen molar-refractivity contribution in [1.29, 1.82) is 0 Å². The molecule has 4 heteroatoms. The van der Waals surface area contributed by atoms with Crippen LogP contribution in [0.25, 0.3) is 0 Å². The van der Waals surface area contributed by atoms with E-state index in [0.717, 1.165) is 30.4 Å². The van der Waals surface area contributed by atoms with Gasteiger partial charge in [0, 0.05) is 12.0 Å². The van der Waals surface area contributed by atoms with Crippen LogP contribution in [-0.4, -0.2) is 24.0 Å². The van der Waals surface area contributed by atoms with Crippen LogP contribution < -0.4 is 5.32 Å². The van der Waals surface area contributed by atoms with Crippen molar-refractivity contribution >= 4 is 11.9 Å². The Morgan fingerprint density at radius 1 is 1.38 bits per heavy atom. The van der Waals surface area contributed by atoms with E-state index >= 15 is 0 Å². The van der Waals surface area contributed by atoms with E-state index in [0.29, 0.717) is 18.9 Å². The molecule has 1 saturated heterocycles. The average molecular weight is 355 g/mol. The van der Waals surface area contributed by atoms with E-state index in [2.05, 4.69) is 44.3 Å². The molecule has 4 rings (SSSR count).